The van der Waals surface area contributed by atoms with Gasteiger partial charge in [-0.05, 0) is 87.9 Å². The molecule has 0 saturated carbocycles. The number of nitrogens with zero attached hydrogens (tertiary/aromatic N) is 4. The lowest BCUT2D eigenvalue weighted by atomic mass is 9.97. The molecule has 0 saturated heterocycles. The Balaban J connectivity index is 1.49. The summed E-state index contributed by atoms with van der Waals surface area (Å²) in [5.41, 5.74) is 8.86. The summed E-state index contributed by atoms with van der Waals surface area (Å²) in [5, 5.41) is 15.6. The minimum Gasteiger partial charge on any atom is -0.490 e. The first kappa shape index (κ1) is 30.0. The van der Waals surface area contributed by atoms with Gasteiger partial charge in [-0.1, -0.05) is 48.9 Å². The number of aromatic nitrogens is 3. The number of fused-ring (bicyclic) bond motifs is 9. The summed E-state index contributed by atoms with van der Waals surface area (Å²) in [6, 6.07) is 25.3. The van der Waals surface area contributed by atoms with Crippen molar-refractivity contribution >= 4 is 17.3 Å². The Hall–Kier alpha value is -4.69. The van der Waals surface area contributed by atoms with Crippen molar-refractivity contribution in [2.24, 2.45) is 0 Å². The third kappa shape index (κ3) is 5.85. The molecule has 7 rings (SSSR count). The number of carboxylic acids is 1. The number of carbonyl (C=O) groups is 1. The highest BCUT2D eigenvalue weighted by atomic mass is 16.5. The third-order valence-electron chi connectivity index (χ3n) is 8.79. The number of rotatable bonds is 3. The number of aryl methyl sites for hydroxylation is 2. The number of ether oxygens (including phenoxy) is 2. The SMILES string of the molecule is Cc1nc2cc3nn2c(c1[C@H](OC(C)(C)C)C(=O)O)-c1ccc2c(c1)N(CCCCCc1cccc(c1)-c1cccc-3c1)CCO2. The van der Waals surface area contributed by atoms with E-state index < -0.39 is 17.7 Å². The van der Waals surface area contributed by atoms with Crippen LogP contribution in [-0.2, 0) is 16.0 Å². The maximum Gasteiger partial charge on any atom is 0.337 e. The van der Waals surface area contributed by atoms with Crippen LogP contribution in [0.5, 0.6) is 5.75 Å². The Morgan fingerprint density at radius 1 is 0.913 bits per heavy atom. The maximum atomic E-state index is 12.9. The van der Waals surface area contributed by atoms with Gasteiger partial charge in [0.25, 0.3) is 0 Å². The molecule has 8 heteroatoms. The van der Waals surface area contributed by atoms with E-state index in [0.717, 1.165) is 72.6 Å². The van der Waals surface area contributed by atoms with Crippen molar-refractivity contribution in [2.75, 3.05) is 24.6 Å². The molecule has 4 heterocycles. The molecule has 3 aromatic carbocycles. The Bertz CT molecular complexity index is 1940. The molecular formula is C38H40N4O4. The molecule has 0 aliphatic carbocycles. The molecule has 2 aliphatic heterocycles. The fourth-order valence-electron chi connectivity index (χ4n) is 6.68. The molecule has 1 N–H and O–H groups in total. The summed E-state index contributed by atoms with van der Waals surface area (Å²) in [5.74, 6) is -0.240. The number of carboxylic acid groups (broad SMARTS) is 1. The molecule has 0 fully saturated rings. The van der Waals surface area contributed by atoms with E-state index in [1.165, 1.54) is 11.1 Å². The van der Waals surface area contributed by atoms with Crippen LogP contribution in [0.4, 0.5) is 5.69 Å². The van der Waals surface area contributed by atoms with E-state index in [4.69, 9.17) is 19.6 Å². The second-order valence-corrected chi connectivity index (χ2v) is 13.3. The van der Waals surface area contributed by atoms with Crippen LogP contribution in [0.25, 0.3) is 39.3 Å². The molecule has 236 valence electrons. The lowest BCUT2D eigenvalue weighted by molar-refractivity contribution is -0.160. The molecule has 0 spiro atoms. The minimum absolute atomic E-state index is 0.490. The van der Waals surface area contributed by atoms with Crippen molar-refractivity contribution in [3.8, 4) is 39.4 Å². The summed E-state index contributed by atoms with van der Waals surface area (Å²) < 4.78 is 14.1. The van der Waals surface area contributed by atoms with Gasteiger partial charge in [0.15, 0.2) is 11.8 Å². The Kier molecular flexibility index (Phi) is 7.77. The summed E-state index contributed by atoms with van der Waals surface area (Å²) in [6.45, 7) is 9.79. The summed E-state index contributed by atoms with van der Waals surface area (Å²) in [7, 11) is 0. The molecule has 0 radical (unpaired) electrons. The fourth-order valence-corrected chi connectivity index (χ4v) is 6.68. The van der Waals surface area contributed by atoms with E-state index in [9.17, 15) is 9.90 Å². The van der Waals surface area contributed by atoms with Gasteiger partial charge in [0.1, 0.15) is 12.4 Å². The van der Waals surface area contributed by atoms with Crippen molar-refractivity contribution in [3.63, 3.8) is 0 Å². The van der Waals surface area contributed by atoms with E-state index in [0.29, 0.717) is 29.2 Å². The van der Waals surface area contributed by atoms with Crippen LogP contribution in [0, 0.1) is 6.92 Å². The number of hydrogen-bond donors (Lipinski definition) is 1. The van der Waals surface area contributed by atoms with E-state index in [1.54, 1.807) is 4.52 Å². The molecule has 1 atom stereocenters. The standard InChI is InChI=1S/C38H40N4O4/c1-24-34(36(37(43)44)46-38(2,3)4)35-29-15-16-32-31(22-29)41(18-19-45-32)17-7-5-6-10-25-11-8-12-26(20-25)27-13-9-14-28(21-27)30-23-33(39-24)42(35)40-30/h8-9,11-16,20-23,36H,5-7,10,17-19H2,1-4H3,(H,43,44)/t36-/m0/s1. The van der Waals surface area contributed by atoms with Crippen LogP contribution >= 0.6 is 0 Å². The number of benzene rings is 3. The summed E-state index contributed by atoms with van der Waals surface area (Å²) >= 11 is 0. The van der Waals surface area contributed by atoms with Gasteiger partial charge in [-0.25, -0.2) is 14.3 Å². The molecule has 5 aromatic rings. The highest BCUT2D eigenvalue weighted by Crippen LogP contribution is 2.41. The van der Waals surface area contributed by atoms with Crippen molar-refractivity contribution in [1.82, 2.24) is 14.6 Å². The van der Waals surface area contributed by atoms with Crippen LogP contribution in [0.3, 0.4) is 0 Å². The van der Waals surface area contributed by atoms with Gasteiger partial charge in [0, 0.05) is 35.0 Å². The molecular weight excluding hydrogens is 576 g/mol. The molecule has 2 aromatic heterocycles. The summed E-state index contributed by atoms with van der Waals surface area (Å²) in [6.07, 6.45) is 3.11. The molecule has 2 aliphatic rings. The minimum atomic E-state index is -1.25. The zero-order valence-corrected chi connectivity index (χ0v) is 26.9. The first-order valence-electron chi connectivity index (χ1n) is 16.2. The van der Waals surface area contributed by atoms with Gasteiger partial charge >= 0.3 is 5.97 Å². The molecule has 8 nitrogen and oxygen atoms in total. The van der Waals surface area contributed by atoms with Crippen LogP contribution < -0.4 is 9.64 Å². The number of hydrogen-bond acceptors (Lipinski definition) is 6. The fraction of sp³-hybridized carbons (Fsp3) is 0.342. The van der Waals surface area contributed by atoms with Crippen molar-refractivity contribution in [2.45, 2.75) is 65.1 Å². The monoisotopic (exact) mass is 616 g/mol. The van der Waals surface area contributed by atoms with Crippen LogP contribution in [0.2, 0.25) is 0 Å². The van der Waals surface area contributed by atoms with Gasteiger partial charge < -0.3 is 19.5 Å². The second-order valence-electron chi connectivity index (χ2n) is 13.3. The normalized spacial score (nSPS) is 15.5. The molecule has 0 unspecified atom stereocenters. The van der Waals surface area contributed by atoms with Gasteiger partial charge in [0.2, 0.25) is 0 Å². The average molecular weight is 617 g/mol. The highest BCUT2D eigenvalue weighted by molar-refractivity contribution is 5.83. The first-order chi connectivity index (χ1) is 22.1. The van der Waals surface area contributed by atoms with E-state index >= 15 is 0 Å². The van der Waals surface area contributed by atoms with Crippen LogP contribution in [0.1, 0.15) is 63.0 Å². The summed E-state index contributed by atoms with van der Waals surface area (Å²) in [4.78, 5) is 20.2. The van der Waals surface area contributed by atoms with E-state index in [2.05, 4.69) is 59.5 Å². The highest BCUT2D eigenvalue weighted by Gasteiger charge is 2.34. The quantitative estimate of drug-likeness (QED) is 0.220. The topological polar surface area (TPSA) is 89.2 Å². The van der Waals surface area contributed by atoms with Crippen molar-refractivity contribution < 1.29 is 19.4 Å². The predicted octanol–water partition coefficient (Wildman–Crippen LogP) is 7.90. The van der Waals surface area contributed by atoms with Gasteiger partial charge in [-0.15, -0.1) is 0 Å². The predicted molar refractivity (Wildman–Crippen MR) is 181 cm³/mol. The van der Waals surface area contributed by atoms with Gasteiger partial charge in [-0.3, -0.25) is 0 Å². The molecule has 8 bridgehead atoms. The zero-order valence-electron chi connectivity index (χ0n) is 26.9. The maximum absolute atomic E-state index is 12.9. The lowest BCUT2D eigenvalue weighted by Gasteiger charge is -2.32. The smallest absolute Gasteiger partial charge is 0.337 e. The van der Waals surface area contributed by atoms with Gasteiger partial charge in [-0.2, -0.15) is 5.10 Å². The van der Waals surface area contributed by atoms with Crippen molar-refractivity contribution in [3.05, 3.63) is 89.6 Å². The van der Waals surface area contributed by atoms with Crippen LogP contribution in [0.15, 0.2) is 72.8 Å². The van der Waals surface area contributed by atoms with Crippen LogP contribution in [-0.4, -0.2) is 51.0 Å². The zero-order chi connectivity index (χ0) is 32.0. The Morgan fingerprint density at radius 2 is 1.70 bits per heavy atom. The molecule has 0 amide bonds. The van der Waals surface area contributed by atoms with Gasteiger partial charge in [0.05, 0.1) is 29.2 Å². The Labute approximate surface area is 269 Å². The van der Waals surface area contributed by atoms with Crippen molar-refractivity contribution in [1.29, 1.82) is 0 Å². The largest absolute Gasteiger partial charge is 0.490 e. The van der Waals surface area contributed by atoms with E-state index in [1.807, 2.05) is 45.9 Å². The second kappa shape index (κ2) is 11.9. The van der Waals surface area contributed by atoms with E-state index in [-0.39, 0.29) is 0 Å². The number of anilines is 1. The molecule has 46 heavy (non-hydrogen) atoms. The number of aliphatic carboxylic acids is 1. The third-order valence-corrected chi connectivity index (χ3v) is 8.79. The Morgan fingerprint density at radius 3 is 2.50 bits per heavy atom. The first-order valence-corrected chi connectivity index (χ1v) is 16.2. The average Bonchev–Trinajstić information content (AvgIpc) is 3.46. The lowest BCUT2D eigenvalue weighted by Crippen LogP contribution is -2.33.